The third-order valence-corrected chi connectivity index (χ3v) is 6.78. The maximum absolute atomic E-state index is 13.8. The summed E-state index contributed by atoms with van der Waals surface area (Å²) in [7, 11) is -2.63. The van der Waals surface area contributed by atoms with Crippen LogP contribution in [0.15, 0.2) is 59.9 Å². The molecule has 0 bridgehead atoms. The Labute approximate surface area is 173 Å². The van der Waals surface area contributed by atoms with Gasteiger partial charge in [0.25, 0.3) is 0 Å². The standard InChI is InChI=1S/C20H20FN5O3S/c1-29-17-8-7-14(21)12-18(17)30(27,28)26-11-3-5-16(26)15-4-2-6-19(24-15)25-20-13-22-9-10-23-20/h2,4,6-10,12-13,16H,3,5,11H2,1H3,(H,23,24,25)/t16-/m1/s1. The SMILES string of the molecule is COc1ccc(F)cc1S(=O)(=O)N1CCC[C@@H]1c1cccc(Nc2cnccn2)n1. The van der Waals surface area contributed by atoms with Gasteiger partial charge in [-0.15, -0.1) is 0 Å². The molecule has 4 rings (SSSR count). The molecule has 3 aromatic rings. The van der Waals surface area contributed by atoms with E-state index in [1.807, 2.05) is 0 Å². The number of halogens is 1. The molecule has 1 saturated heterocycles. The minimum absolute atomic E-state index is 0.105. The number of methoxy groups -OCH3 is 1. The fourth-order valence-corrected chi connectivity index (χ4v) is 5.34. The number of rotatable bonds is 6. The number of aromatic nitrogens is 3. The summed E-state index contributed by atoms with van der Waals surface area (Å²) < 4.78 is 47.0. The van der Waals surface area contributed by atoms with Crippen LogP contribution in [0.25, 0.3) is 0 Å². The van der Waals surface area contributed by atoms with Gasteiger partial charge in [-0.3, -0.25) is 4.98 Å². The van der Waals surface area contributed by atoms with Crippen LogP contribution < -0.4 is 10.1 Å². The molecule has 0 radical (unpaired) electrons. The summed E-state index contributed by atoms with van der Waals surface area (Å²) >= 11 is 0. The molecule has 1 atom stereocenters. The first-order chi connectivity index (χ1) is 14.5. The Morgan fingerprint density at radius 1 is 1.20 bits per heavy atom. The summed E-state index contributed by atoms with van der Waals surface area (Å²) in [6.07, 6.45) is 5.97. The Hall–Kier alpha value is -3.11. The maximum atomic E-state index is 13.8. The minimum Gasteiger partial charge on any atom is -0.495 e. The Morgan fingerprint density at radius 3 is 2.83 bits per heavy atom. The Balaban J connectivity index is 1.66. The Bertz CT molecular complexity index is 1140. The number of nitrogens with one attached hydrogen (secondary N) is 1. The highest BCUT2D eigenvalue weighted by atomic mass is 32.2. The molecular formula is C20H20FN5O3S. The van der Waals surface area contributed by atoms with Crippen molar-refractivity contribution in [2.24, 2.45) is 0 Å². The van der Waals surface area contributed by atoms with Crippen LogP contribution in [-0.4, -0.2) is 41.3 Å². The fraction of sp³-hybridized carbons (Fsp3) is 0.250. The second-order valence-corrected chi connectivity index (χ2v) is 8.59. The van der Waals surface area contributed by atoms with Crippen molar-refractivity contribution in [2.75, 3.05) is 19.0 Å². The molecule has 0 saturated carbocycles. The summed E-state index contributed by atoms with van der Waals surface area (Å²) in [5.41, 5.74) is 0.598. The summed E-state index contributed by atoms with van der Waals surface area (Å²) in [5.74, 6) is 0.523. The number of hydrogen-bond acceptors (Lipinski definition) is 7. The van der Waals surface area contributed by atoms with E-state index in [2.05, 4.69) is 20.3 Å². The number of hydrogen-bond donors (Lipinski definition) is 1. The predicted molar refractivity (Wildman–Crippen MR) is 108 cm³/mol. The number of ether oxygens (including phenoxy) is 1. The van der Waals surface area contributed by atoms with E-state index in [4.69, 9.17) is 4.74 Å². The van der Waals surface area contributed by atoms with Gasteiger partial charge in [0.05, 0.1) is 25.0 Å². The van der Waals surface area contributed by atoms with Crippen LogP contribution in [0.1, 0.15) is 24.6 Å². The summed E-state index contributed by atoms with van der Waals surface area (Å²) in [6, 6.07) is 8.35. The van der Waals surface area contributed by atoms with Gasteiger partial charge in [-0.25, -0.2) is 22.8 Å². The van der Waals surface area contributed by atoms with Gasteiger partial charge >= 0.3 is 0 Å². The molecule has 10 heteroatoms. The highest BCUT2D eigenvalue weighted by Gasteiger charge is 2.38. The number of pyridine rings is 1. The van der Waals surface area contributed by atoms with Gasteiger partial charge in [0.2, 0.25) is 10.0 Å². The van der Waals surface area contributed by atoms with Crippen molar-refractivity contribution in [1.82, 2.24) is 19.3 Å². The van der Waals surface area contributed by atoms with Crippen molar-refractivity contribution < 1.29 is 17.5 Å². The first-order valence-corrected chi connectivity index (χ1v) is 10.8. The zero-order valence-corrected chi connectivity index (χ0v) is 17.0. The topological polar surface area (TPSA) is 97.3 Å². The quantitative estimate of drug-likeness (QED) is 0.642. The highest BCUT2D eigenvalue weighted by Crippen LogP contribution is 2.38. The molecule has 0 aliphatic carbocycles. The molecule has 1 aliphatic heterocycles. The highest BCUT2D eigenvalue weighted by molar-refractivity contribution is 7.89. The molecule has 0 unspecified atom stereocenters. The van der Waals surface area contributed by atoms with Crippen molar-refractivity contribution in [3.63, 3.8) is 0 Å². The molecule has 156 valence electrons. The predicted octanol–water partition coefficient (Wildman–Crippen LogP) is 3.29. The lowest BCUT2D eigenvalue weighted by atomic mass is 10.1. The van der Waals surface area contributed by atoms with Crippen LogP contribution in [0.2, 0.25) is 0 Å². The lowest BCUT2D eigenvalue weighted by Crippen LogP contribution is -2.31. The average molecular weight is 429 g/mol. The van der Waals surface area contributed by atoms with Crippen molar-refractivity contribution in [3.8, 4) is 5.75 Å². The number of benzene rings is 1. The molecule has 1 aliphatic rings. The van der Waals surface area contributed by atoms with Gasteiger partial charge in [-0.05, 0) is 43.2 Å². The van der Waals surface area contributed by atoms with Crippen LogP contribution in [0.3, 0.4) is 0 Å². The van der Waals surface area contributed by atoms with Crippen LogP contribution >= 0.6 is 0 Å². The molecule has 1 N–H and O–H groups in total. The van der Waals surface area contributed by atoms with E-state index in [1.165, 1.54) is 23.5 Å². The smallest absolute Gasteiger partial charge is 0.247 e. The van der Waals surface area contributed by atoms with Gasteiger partial charge in [0.1, 0.15) is 28.1 Å². The molecule has 1 aromatic carbocycles. The monoisotopic (exact) mass is 429 g/mol. The van der Waals surface area contributed by atoms with E-state index in [1.54, 1.807) is 36.8 Å². The van der Waals surface area contributed by atoms with Crippen LogP contribution in [0, 0.1) is 5.82 Å². The van der Waals surface area contributed by atoms with Gasteiger partial charge in [-0.2, -0.15) is 4.31 Å². The van der Waals surface area contributed by atoms with E-state index >= 15 is 0 Å². The lowest BCUT2D eigenvalue weighted by Gasteiger charge is -2.25. The van der Waals surface area contributed by atoms with Crippen molar-refractivity contribution in [3.05, 3.63) is 66.5 Å². The number of nitrogens with zero attached hydrogens (tertiary/aromatic N) is 4. The van der Waals surface area contributed by atoms with E-state index in [0.717, 1.165) is 6.07 Å². The van der Waals surface area contributed by atoms with E-state index in [0.29, 0.717) is 36.7 Å². The zero-order valence-electron chi connectivity index (χ0n) is 16.2. The molecule has 1 fully saturated rings. The fourth-order valence-electron chi connectivity index (χ4n) is 3.50. The number of sulfonamides is 1. The molecule has 30 heavy (non-hydrogen) atoms. The lowest BCUT2D eigenvalue weighted by molar-refractivity contribution is 0.376. The molecule has 8 nitrogen and oxygen atoms in total. The normalized spacial score (nSPS) is 17.1. The first kappa shape index (κ1) is 20.2. The van der Waals surface area contributed by atoms with E-state index in [-0.39, 0.29) is 10.6 Å². The largest absolute Gasteiger partial charge is 0.495 e. The van der Waals surface area contributed by atoms with Crippen LogP contribution in [-0.2, 0) is 10.0 Å². The second kappa shape index (κ2) is 8.33. The third-order valence-electron chi connectivity index (χ3n) is 4.85. The molecule has 2 aromatic heterocycles. The van der Waals surface area contributed by atoms with Crippen molar-refractivity contribution in [2.45, 2.75) is 23.8 Å². The molecular weight excluding hydrogens is 409 g/mol. The maximum Gasteiger partial charge on any atom is 0.247 e. The zero-order chi connectivity index (χ0) is 21.1. The first-order valence-electron chi connectivity index (χ1n) is 9.34. The van der Waals surface area contributed by atoms with E-state index < -0.39 is 21.9 Å². The average Bonchev–Trinajstić information content (AvgIpc) is 3.26. The molecule has 0 amide bonds. The Morgan fingerprint density at radius 2 is 2.07 bits per heavy atom. The molecule has 3 heterocycles. The minimum atomic E-state index is -3.99. The Kier molecular flexibility index (Phi) is 5.60. The van der Waals surface area contributed by atoms with Crippen molar-refractivity contribution in [1.29, 1.82) is 0 Å². The van der Waals surface area contributed by atoms with Gasteiger partial charge in [-0.1, -0.05) is 6.07 Å². The van der Waals surface area contributed by atoms with Crippen LogP contribution in [0.4, 0.5) is 16.0 Å². The number of anilines is 2. The van der Waals surface area contributed by atoms with Gasteiger partial charge < -0.3 is 10.1 Å². The third kappa shape index (κ3) is 3.96. The summed E-state index contributed by atoms with van der Waals surface area (Å²) in [4.78, 5) is 12.5. The molecule has 0 spiro atoms. The van der Waals surface area contributed by atoms with Gasteiger partial charge in [0, 0.05) is 18.9 Å². The van der Waals surface area contributed by atoms with Crippen molar-refractivity contribution >= 4 is 21.7 Å². The van der Waals surface area contributed by atoms with Crippen LogP contribution in [0.5, 0.6) is 5.75 Å². The van der Waals surface area contributed by atoms with E-state index in [9.17, 15) is 12.8 Å². The second-order valence-electron chi connectivity index (χ2n) is 6.73. The van der Waals surface area contributed by atoms with Gasteiger partial charge in [0.15, 0.2) is 0 Å². The summed E-state index contributed by atoms with van der Waals surface area (Å²) in [5, 5.41) is 3.06. The summed E-state index contributed by atoms with van der Waals surface area (Å²) in [6.45, 7) is 0.316.